The normalized spacial score (nSPS) is 13.5. The summed E-state index contributed by atoms with van der Waals surface area (Å²) in [6, 6.07) is 31.4. The van der Waals surface area contributed by atoms with Crippen LogP contribution in [0.15, 0.2) is 103 Å². The molecule has 4 aromatic carbocycles. The van der Waals surface area contributed by atoms with Crippen LogP contribution in [0.25, 0.3) is 11.1 Å². The number of carbonyl (C=O) groups excluding carboxylic acids is 3. The highest BCUT2D eigenvalue weighted by Crippen LogP contribution is 2.28. The molecular weight excluding hydrogens is 618 g/mol. The lowest BCUT2D eigenvalue weighted by Gasteiger charge is -2.31. The van der Waals surface area contributed by atoms with Gasteiger partial charge in [-0.1, -0.05) is 78.9 Å². The first-order valence-electron chi connectivity index (χ1n) is 16.9. The minimum absolute atomic E-state index is 0.0324. The van der Waals surface area contributed by atoms with Gasteiger partial charge in [-0.05, 0) is 49.6 Å². The first-order valence-corrected chi connectivity index (χ1v) is 16.9. The summed E-state index contributed by atoms with van der Waals surface area (Å²) >= 11 is 0. The molecule has 0 aliphatic carbocycles. The molecule has 0 unspecified atom stereocenters. The molecule has 10 nitrogen and oxygen atoms in total. The number of rotatable bonds is 15. The van der Waals surface area contributed by atoms with E-state index in [2.05, 4.69) is 21.0 Å². The molecule has 10 heteroatoms. The summed E-state index contributed by atoms with van der Waals surface area (Å²) in [5.74, 6) is -0.110. The van der Waals surface area contributed by atoms with Gasteiger partial charge in [0.2, 0.25) is 0 Å². The zero-order valence-electron chi connectivity index (χ0n) is 27.9. The molecule has 2 amide bonds. The summed E-state index contributed by atoms with van der Waals surface area (Å²) in [5, 5.41) is 17.8. The number of hydrogen-bond acceptors (Lipinski definition) is 8. The first kappa shape index (κ1) is 35.3. The summed E-state index contributed by atoms with van der Waals surface area (Å²) in [7, 11) is 0. The Labute approximate surface area is 288 Å². The van der Waals surface area contributed by atoms with Crippen LogP contribution in [0.2, 0.25) is 0 Å². The van der Waals surface area contributed by atoms with Crippen molar-refractivity contribution >= 4 is 23.5 Å². The van der Waals surface area contributed by atoms with Gasteiger partial charge in [-0.2, -0.15) is 0 Å². The number of benzene rings is 4. The fraction of sp³-hybridized carbons (Fsp3) is 0.308. The Balaban J connectivity index is 0.985. The molecule has 49 heavy (non-hydrogen) atoms. The van der Waals surface area contributed by atoms with Gasteiger partial charge in [0.1, 0.15) is 11.9 Å². The second-order valence-electron chi connectivity index (χ2n) is 12.0. The van der Waals surface area contributed by atoms with Crippen LogP contribution in [-0.4, -0.2) is 78.2 Å². The number of likely N-dealkylation sites (tertiary alicyclic amines) is 1. The lowest BCUT2D eigenvalue weighted by atomic mass is 10.0. The number of nitrogens with zero attached hydrogens (tertiary/aromatic N) is 2. The molecule has 1 aliphatic heterocycles. The van der Waals surface area contributed by atoms with Crippen LogP contribution >= 0.6 is 0 Å². The van der Waals surface area contributed by atoms with Crippen molar-refractivity contribution in [1.82, 2.24) is 20.7 Å². The number of para-hydroxylation sites is 2. The maximum Gasteiger partial charge on any atom is 0.411 e. The molecule has 5 rings (SSSR count). The van der Waals surface area contributed by atoms with E-state index in [1.54, 1.807) is 42.5 Å². The third kappa shape index (κ3) is 10.2. The van der Waals surface area contributed by atoms with Crippen molar-refractivity contribution in [3.63, 3.8) is 0 Å². The number of phenols is 1. The third-order valence-electron chi connectivity index (χ3n) is 8.64. The SMILES string of the molecule is CCN(NCc1ccccc1O)C(=O)c1cccc(C(=O)CCNCCN2CCC(OC(=O)Nc3ccccc3-c3ccccc3)CC2)c1. The van der Waals surface area contributed by atoms with Crippen LogP contribution in [0.5, 0.6) is 5.75 Å². The highest BCUT2D eigenvalue weighted by Gasteiger charge is 2.23. The number of carbonyl (C=O) groups is 3. The second-order valence-corrected chi connectivity index (χ2v) is 12.0. The molecule has 4 aromatic rings. The highest BCUT2D eigenvalue weighted by molar-refractivity contribution is 6.00. The number of phenolic OH excluding ortho intramolecular Hbond substituents is 1. The van der Waals surface area contributed by atoms with E-state index in [-0.39, 0.29) is 23.5 Å². The number of ether oxygens (including phenoxy) is 1. The standard InChI is InChI=1S/C39H45N5O5/c1-2-44(41-28-32-13-6-9-18-36(32)45)38(47)31-15-10-14-30(27-31)37(46)19-22-40-23-26-43-24-20-33(21-25-43)49-39(48)42-35-17-8-7-16-34(35)29-11-4-3-5-12-29/h3-18,27,33,40-41,45H,2,19-26,28H2,1H3,(H,42,48). The van der Waals surface area contributed by atoms with E-state index in [1.165, 1.54) is 5.01 Å². The van der Waals surface area contributed by atoms with Gasteiger partial charge in [-0.25, -0.2) is 10.2 Å². The smallest absolute Gasteiger partial charge is 0.411 e. The Morgan fingerprint density at radius 3 is 2.35 bits per heavy atom. The Morgan fingerprint density at radius 1 is 0.857 bits per heavy atom. The monoisotopic (exact) mass is 663 g/mol. The van der Waals surface area contributed by atoms with Crippen LogP contribution in [-0.2, 0) is 11.3 Å². The van der Waals surface area contributed by atoms with E-state index >= 15 is 0 Å². The van der Waals surface area contributed by atoms with Crippen LogP contribution < -0.4 is 16.1 Å². The molecule has 0 spiro atoms. The molecule has 1 saturated heterocycles. The van der Waals surface area contributed by atoms with Crippen LogP contribution in [0.4, 0.5) is 10.5 Å². The Hall–Kier alpha value is -5.03. The number of piperidine rings is 1. The molecule has 4 N–H and O–H groups in total. The van der Waals surface area contributed by atoms with E-state index in [4.69, 9.17) is 4.74 Å². The average Bonchev–Trinajstić information content (AvgIpc) is 3.13. The predicted molar refractivity (Wildman–Crippen MR) is 191 cm³/mol. The maximum atomic E-state index is 13.2. The van der Waals surface area contributed by atoms with E-state index in [9.17, 15) is 19.5 Å². The predicted octanol–water partition coefficient (Wildman–Crippen LogP) is 6.10. The van der Waals surface area contributed by atoms with Gasteiger partial charge >= 0.3 is 6.09 Å². The van der Waals surface area contributed by atoms with Crippen molar-refractivity contribution in [2.75, 3.05) is 44.6 Å². The number of aromatic hydroxyl groups is 1. The van der Waals surface area contributed by atoms with Crippen molar-refractivity contribution in [2.45, 2.75) is 38.8 Å². The van der Waals surface area contributed by atoms with E-state index in [1.807, 2.05) is 67.6 Å². The summed E-state index contributed by atoms with van der Waals surface area (Å²) in [4.78, 5) is 41.1. The average molecular weight is 664 g/mol. The summed E-state index contributed by atoms with van der Waals surface area (Å²) < 4.78 is 5.76. The molecule has 0 radical (unpaired) electrons. The number of ketones is 1. The number of amides is 2. The van der Waals surface area contributed by atoms with Gasteiger partial charge < -0.3 is 20.1 Å². The summed E-state index contributed by atoms with van der Waals surface area (Å²) in [6.45, 7) is 6.34. The van der Waals surface area contributed by atoms with E-state index in [0.29, 0.717) is 42.7 Å². The fourth-order valence-corrected chi connectivity index (χ4v) is 5.86. The largest absolute Gasteiger partial charge is 0.508 e. The molecule has 1 fully saturated rings. The van der Waals surface area contributed by atoms with E-state index in [0.717, 1.165) is 55.8 Å². The van der Waals surface area contributed by atoms with Crippen molar-refractivity contribution in [2.24, 2.45) is 0 Å². The minimum atomic E-state index is -0.438. The zero-order valence-corrected chi connectivity index (χ0v) is 27.9. The molecule has 0 bridgehead atoms. The highest BCUT2D eigenvalue weighted by atomic mass is 16.6. The van der Waals surface area contributed by atoms with Crippen molar-refractivity contribution in [1.29, 1.82) is 0 Å². The van der Waals surface area contributed by atoms with Crippen LogP contribution in [0, 0.1) is 0 Å². The van der Waals surface area contributed by atoms with Crippen LogP contribution in [0.3, 0.4) is 0 Å². The Morgan fingerprint density at radius 2 is 1.57 bits per heavy atom. The number of nitrogens with one attached hydrogen (secondary N) is 3. The molecule has 256 valence electrons. The minimum Gasteiger partial charge on any atom is -0.508 e. The topological polar surface area (TPSA) is 123 Å². The second kappa shape index (κ2) is 17.9. The van der Waals surface area contributed by atoms with Gasteiger partial charge in [-0.3, -0.25) is 19.9 Å². The lowest BCUT2D eigenvalue weighted by molar-refractivity contribution is 0.0592. The molecule has 1 heterocycles. The number of anilines is 1. The van der Waals surface area contributed by atoms with Gasteiger partial charge in [0.25, 0.3) is 5.91 Å². The van der Waals surface area contributed by atoms with E-state index < -0.39 is 6.09 Å². The lowest BCUT2D eigenvalue weighted by Crippen LogP contribution is -2.42. The molecule has 1 aliphatic rings. The molecular formula is C39H45N5O5. The Kier molecular flexibility index (Phi) is 12.9. The number of Topliss-reactive ketones (excluding diaryl/α,β-unsaturated/α-hetero) is 1. The summed E-state index contributed by atoms with van der Waals surface area (Å²) in [5.41, 5.74) is 7.38. The fourth-order valence-electron chi connectivity index (χ4n) is 5.86. The third-order valence-corrected chi connectivity index (χ3v) is 8.64. The van der Waals surface area contributed by atoms with Crippen LogP contribution in [0.1, 0.15) is 52.5 Å². The van der Waals surface area contributed by atoms with Gasteiger partial charge in [0.15, 0.2) is 5.78 Å². The molecule has 0 atom stereocenters. The quantitative estimate of drug-likeness (QED) is 0.0684. The molecule has 0 aromatic heterocycles. The maximum absolute atomic E-state index is 13.2. The molecule has 0 saturated carbocycles. The van der Waals surface area contributed by atoms with Gasteiger partial charge in [-0.15, -0.1) is 0 Å². The van der Waals surface area contributed by atoms with Crippen molar-refractivity contribution < 1.29 is 24.2 Å². The van der Waals surface area contributed by atoms with Crippen molar-refractivity contribution in [3.05, 3.63) is 120 Å². The number of hydrogen-bond donors (Lipinski definition) is 4. The van der Waals surface area contributed by atoms with Gasteiger partial charge in [0.05, 0.1) is 5.69 Å². The summed E-state index contributed by atoms with van der Waals surface area (Å²) in [6.07, 6.45) is 1.28. The van der Waals surface area contributed by atoms with Gasteiger partial charge in [0, 0.05) is 74.5 Å². The first-order chi connectivity index (χ1) is 23.9. The van der Waals surface area contributed by atoms with Crippen molar-refractivity contribution in [3.8, 4) is 16.9 Å². The number of hydrazine groups is 1. The Bertz CT molecular complexity index is 1690. The zero-order chi connectivity index (χ0) is 34.4.